The van der Waals surface area contributed by atoms with E-state index in [2.05, 4.69) is 5.32 Å². The van der Waals surface area contributed by atoms with E-state index in [9.17, 15) is 9.18 Å². The number of carbonyl (C=O) groups is 1. The molecule has 0 radical (unpaired) electrons. The number of amides is 1. The van der Waals surface area contributed by atoms with Gasteiger partial charge in [0.1, 0.15) is 11.6 Å². The molecule has 1 amide bonds. The van der Waals surface area contributed by atoms with Crippen molar-refractivity contribution < 1.29 is 13.9 Å². The Balaban J connectivity index is 2.15. The summed E-state index contributed by atoms with van der Waals surface area (Å²) in [5.41, 5.74) is 1.31. The third kappa shape index (κ3) is 5.44. The quantitative estimate of drug-likeness (QED) is 0.781. The molecule has 140 valence electrons. The van der Waals surface area contributed by atoms with E-state index in [1.54, 1.807) is 30.3 Å². The van der Waals surface area contributed by atoms with Gasteiger partial charge in [0.15, 0.2) is 0 Å². The Morgan fingerprint density at radius 2 is 1.85 bits per heavy atom. The molecule has 1 unspecified atom stereocenters. The number of nitrogens with zero attached hydrogens (tertiary/aromatic N) is 1. The van der Waals surface area contributed by atoms with Crippen LogP contribution >= 0.6 is 11.6 Å². The van der Waals surface area contributed by atoms with Crippen molar-refractivity contribution in [3.05, 3.63) is 64.4 Å². The first-order valence-electron chi connectivity index (χ1n) is 8.44. The topological polar surface area (TPSA) is 41.6 Å². The number of benzene rings is 2. The molecule has 4 nitrogen and oxygen atoms in total. The Hall–Kier alpha value is -2.11. The largest absolute Gasteiger partial charge is 0.490 e. The molecule has 0 aliphatic heterocycles. The van der Waals surface area contributed by atoms with Gasteiger partial charge in [-0.1, -0.05) is 23.7 Å². The van der Waals surface area contributed by atoms with E-state index in [1.165, 1.54) is 12.1 Å². The Kier molecular flexibility index (Phi) is 7.00. The van der Waals surface area contributed by atoms with Crippen molar-refractivity contribution in [3.8, 4) is 5.75 Å². The molecule has 0 saturated carbocycles. The summed E-state index contributed by atoms with van der Waals surface area (Å²) in [5.74, 6) is -0.0631. The lowest BCUT2D eigenvalue weighted by atomic mass is 10.1. The van der Waals surface area contributed by atoms with Crippen LogP contribution in [0.4, 0.5) is 4.39 Å². The fraction of sp³-hybridized carbons (Fsp3) is 0.350. The average Bonchev–Trinajstić information content (AvgIpc) is 2.57. The zero-order chi connectivity index (χ0) is 19.3. The predicted octanol–water partition coefficient (Wildman–Crippen LogP) is 4.30. The molecule has 0 aliphatic rings. The van der Waals surface area contributed by atoms with Crippen LogP contribution in [0.3, 0.4) is 0 Å². The van der Waals surface area contributed by atoms with E-state index >= 15 is 0 Å². The van der Waals surface area contributed by atoms with Crippen LogP contribution in [0.15, 0.2) is 42.5 Å². The summed E-state index contributed by atoms with van der Waals surface area (Å²) in [6.45, 7) is 4.16. The zero-order valence-electron chi connectivity index (χ0n) is 15.4. The third-order valence-electron chi connectivity index (χ3n) is 3.88. The standard InChI is InChI=1S/C20H24ClFN2O2/c1-13(2)26-19-10-7-15(21)11-17(19)20(25)23-12-18(24(3)4)14-5-8-16(22)9-6-14/h5-11,13,18H,12H2,1-4H3,(H,23,25). The van der Waals surface area contributed by atoms with Crippen molar-refractivity contribution in [2.45, 2.75) is 26.0 Å². The molecule has 1 N–H and O–H groups in total. The maximum atomic E-state index is 13.2. The zero-order valence-corrected chi connectivity index (χ0v) is 16.2. The van der Waals surface area contributed by atoms with E-state index in [0.29, 0.717) is 22.9 Å². The lowest BCUT2D eigenvalue weighted by molar-refractivity contribution is 0.0936. The molecule has 2 rings (SSSR count). The highest BCUT2D eigenvalue weighted by Gasteiger charge is 2.19. The summed E-state index contributed by atoms with van der Waals surface area (Å²) in [4.78, 5) is 14.7. The minimum atomic E-state index is -0.287. The molecule has 2 aromatic carbocycles. The monoisotopic (exact) mass is 378 g/mol. The number of ether oxygens (including phenoxy) is 1. The first-order chi connectivity index (χ1) is 12.3. The van der Waals surface area contributed by atoms with Crippen LogP contribution in [0.1, 0.15) is 35.8 Å². The molecular weight excluding hydrogens is 355 g/mol. The second-order valence-corrected chi connectivity index (χ2v) is 6.98. The van der Waals surface area contributed by atoms with Crippen LogP contribution in [0, 0.1) is 5.82 Å². The van der Waals surface area contributed by atoms with E-state index < -0.39 is 0 Å². The Morgan fingerprint density at radius 3 is 2.42 bits per heavy atom. The second kappa shape index (κ2) is 9.01. The molecule has 2 aromatic rings. The van der Waals surface area contributed by atoms with Gasteiger partial charge in [0.05, 0.1) is 17.7 Å². The molecular formula is C20H24ClFN2O2. The number of halogens is 2. The number of carbonyl (C=O) groups excluding carboxylic acids is 1. The average molecular weight is 379 g/mol. The SMILES string of the molecule is CC(C)Oc1ccc(Cl)cc1C(=O)NCC(c1ccc(F)cc1)N(C)C. The molecule has 0 bridgehead atoms. The number of rotatable bonds is 7. The van der Waals surface area contributed by atoms with Gasteiger partial charge in [-0.3, -0.25) is 4.79 Å². The van der Waals surface area contributed by atoms with Crippen molar-refractivity contribution in [2.24, 2.45) is 0 Å². The van der Waals surface area contributed by atoms with Crippen LogP contribution in [-0.4, -0.2) is 37.6 Å². The fourth-order valence-corrected chi connectivity index (χ4v) is 2.78. The second-order valence-electron chi connectivity index (χ2n) is 6.55. The van der Waals surface area contributed by atoms with Gasteiger partial charge in [-0.2, -0.15) is 0 Å². The maximum Gasteiger partial charge on any atom is 0.255 e. The summed E-state index contributed by atoms with van der Waals surface area (Å²) < 4.78 is 18.9. The van der Waals surface area contributed by atoms with Crippen molar-refractivity contribution in [1.82, 2.24) is 10.2 Å². The molecule has 0 aromatic heterocycles. The highest BCUT2D eigenvalue weighted by atomic mass is 35.5. The summed E-state index contributed by atoms with van der Waals surface area (Å²) >= 11 is 6.04. The van der Waals surface area contributed by atoms with Crippen molar-refractivity contribution in [2.75, 3.05) is 20.6 Å². The summed E-state index contributed by atoms with van der Waals surface area (Å²) in [6.07, 6.45) is -0.0588. The summed E-state index contributed by atoms with van der Waals surface area (Å²) in [6, 6.07) is 11.2. The predicted molar refractivity (Wildman–Crippen MR) is 102 cm³/mol. The normalized spacial score (nSPS) is 12.3. The highest BCUT2D eigenvalue weighted by molar-refractivity contribution is 6.31. The fourth-order valence-electron chi connectivity index (χ4n) is 2.60. The number of hydrogen-bond acceptors (Lipinski definition) is 3. The van der Waals surface area contributed by atoms with Crippen molar-refractivity contribution in [1.29, 1.82) is 0 Å². The van der Waals surface area contributed by atoms with E-state index in [-0.39, 0.29) is 23.9 Å². The third-order valence-corrected chi connectivity index (χ3v) is 4.12. The smallest absolute Gasteiger partial charge is 0.255 e. The molecule has 0 aliphatic carbocycles. The van der Waals surface area contributed by atoms with Gasteiger partial charge in [-0.25, -0.2) is 4.39 Å². The summed E-state index contributed by atoms with van der Waals surface area (Å²) in [7, 11) is 3.82. The highest BCUT2D eigenvalue weighted by Crippen LogP contribution is 2.24. The van der Waals surface area contributed by atoms with Crippen molar-refractivity contribution >= 4 is 17.5 Å². The minimum absolute atomic E-state index is 0.0588. The van der Waals surface area contributed by atoms with Gasteiger partial charge in [-0.05, 0) is 63.8 Å². The van der Waals surface area contributed by atoms with Crippen molar-refractivity contribution in [3.63, 3.8) is 0 Å². The number of nitrogens with one attached hydrogen (secondary N) is 1. The first-order valence-corrected chi connectivity index (χ1v) is 8.82. The van der Waals surface area contributed by atoms with Crippen LogP contribution in [-0.2, 0) is 0 Å². The van der Waals surface area contributed by atoms with Gasteiger partial charge < -0.3 is 15.0 Å². The van der Waals surface area contributed by atoms with Gasteiger partial charge in [0.2, 0.25) is 0 Å². The van der Waals surface area contributed by atoms with Gasteiger partial charge in [0, 0.05) is 11.6 Å². The molecule has 0 heterocycles. The Labute approximate surface area is 158 Å². The van der Waals surface area contributed by atoms with Crippen LogP contribution in [0.25, 0.3) is 0 Å². The van der Waals surface area contributed by atoms with Gasteiger partial charge in [0.25, 0.3) is 5.91 Å². The molecule has 1 atom stereocenters. The van der Waals surface area contributed by atoms with Crippen LogP contribution in [0.5, 0.6) is 5.75 Å². The van der Waals surface area contributed by atoms with E-state index in [0.717, 1.165) is 5.56 Å². The molecule has 0 spiro atoms. The maximum absolute atomic E-state index is 13.2. The van der Waals surface area contributed by atoms with Gasteiger partial charge in [-0.15, -0.1) is 0 Å². The lowest BCUT2D eigenvalue weighted by Crippen LogP contribution is -2.34. The van der Waals surface area contributed by atoms with E-state index in [1.807, 2.05) is 32.8 Å². The Morgan fingerprint density at radius 1 is 1.19 bits per heavy atom. The first kappa shape index (κ1) is 20.2. The summed E-state index contributed by atoms with van der Waals surface area (Å²) in [5, 5.41) is 3.39. The molecule has 0 fully saturated rings. The number of hydrogen-bond donors (Lipinski definition) is 1. The van der Waals surface area contributed by atoms with Gasteiger partial charge >= 0.3 is 0 Å². The minimum Gasteiger partial charge on any atom is -0.490 e. The molecule has 0 saturated heterocycles. The molecule has 26 heavy (non-hydrogen) atoms. The molecule has 6 heteroatoms. The number of likely N-dealkylation sites (N-methyl/N-ethyl adjacent to an activating group) is 1. The van der Waals surface area contributed by atoms with Crippen LogP contribution in [0.2, 0.25) is 5.02 Å². The Bertz CT molecular complexity index is 748. The van der Waals surface area contributed by atoms with E-state index in [4.69, 9.17) is 16.3 Å². The van der Waals surface area contributed by atoms with Crippen LogP contribution < -0.4 is 10.1 Å². The lowest BCUT2D eigenvalue weighted by Gasteiger charge is -2.25.